The number of benzene rings is 3. The molecule has 35 heavy (non-hydrogen) atoms. The van der Waals surface area contributed by atoms with Gasteiger partial charge in [-0.1, -0.05) is 30.8 Å². The predicted octanol–water partition coefficient (Wildman–Crippen LogP) is 5.26. The molecule has 4 rings (SSSR count). The first-order valence-corrected chi connectivity index (χ1v) is 10.8. The van der Waals surface area contributed by atoms with Crippen molar-refractivity contribution in [1.29, 1.82) is 0 Å². The second-order valence-electron chi connectivity index (χ2n) is 7.69. The van der Waals surface area contributed by atoms with Crippen molar-refractivity contribution in [3.8, 4) is 23.0 Å². The molecule has 0 bridgehead atoms. The highest BCUT2D eigenvalue weighted by atomic mass is 16.5. The average Bonchev–Trinajstić information content (AvgIpc) is 3.30. The maximum absolute atomic E-state index is 13.5. The van der Waals surface area contributed by atoms with Gasteiger partial charge in [-0.15, -0.1) is 0 Å². The highest BCUT2D eigenvalue weighted by Gasteiger charge is 2.23. The molecule has 0 atom stereocenters. The number of rotatable bonds is 8. The number of ether oxygens (including phenoxy) is 4. The van der Waals surface area contributed by atoms with Crippen LogP contribution in [0.5, 0.6) is 23.0 Å². The van der Waals surface area contributed by atoms with Crippen molar-refractivity contribution in [2.45, 2.75) is 0 Å². The molecule has 178 valence electrons. The minimum atomic E-state index is -0.332. The Morgan fingerprint density at radius 3 is 2.09 bits per heavy atom. The SMILES string of the molecule is C=C(C(=O)c1cc(OC)c(OC)c(OC)c1)c1cn(C(=O)c2cccc(OC)c2)c2ccccc12. The topological polar surface area (TPSA) is 76.0 Å². The van der Waals surface area contributed by atoms with Crippen LogP contribution in [-0.4, -0.2) is 44.7 Å². The zero-order valence-electron chi connectivity index (χ0n) is 20.0. The van der Waals surface area contributed by atoms with Gasteiger partial charge in [-0.3, -0.25) is 14.2 Å². The smallest absolute Gasteiger partial charge is 0.262 e. The minimum Gasteiger partial charge on any atom is -0.497 e. The number of Topliss-reactive ketones (excluding diaryl/α,β-unsaturated/α-hetero) is 1. The van der Waals surface area contributed by atoms with Crippen molar-refractivity contribution in [2.24, 2.45) is 0 Å². The largest absolute Gasteiger partial charge is 0.497 e. The van der Waals surface area contributed by atoms with E-state index in [1.807, 2.05) is 24.3 Å². The van der Waals surface area contributed by atoms with Gasteiger partial charge in [0.15, 0.2) is 17.3 Å². The summed E-state index contributed by atoms with van der Waals surface area (Å²) in [6, 6.07) is 17.4. The van der Waals surface area contributed by atoms with Crippen LogP contribution < -0.4 is 18.9 Å². The van der Waals surface area contributed by atoms with Gasteiger partial charge >= 0.3 is 0 Å². The van der Waals surface area contributed by atoms with E-state index in [0.29, 0.717) is 45.2 Å². The molecule has 0 radical (unpaired) electrons. The van der Waals surface area contributed by atoms with Gasteiger partial charge in [-0.05, 0) is 36.4 Å². The molecule has 1 aromatic heterocycles. The lowest BCUT2D eigenvalue weighted by Crippen LogP contribution is -2.11. The third-order valence-electron chi connectivity index (χ3n) is 5.77. The lowest BCUT2D eigenvalue weighted by Gasteiger charge is -2.14. The molecule has 0 aliphatic rings. The Balaban J connectivity index is 1.79. The summed E-state index contributed by atoms with van der Waals surface area (Å²) in [6.07, 6.45) is 1.64. The van der Waals surface area contributed by atoms with Gasteiger partial charge in [0.1, 0.15) is 5.75 Å². The highest BCUT2D eigenvalue weighted by molar-refractivity contribution is 6.31. The van der Waals surface area contributed by atoms with Crippen LogP contribution in [0.3, 0.4) is 0 Å². The summed E-state index contributed by atoms with van der Waals surface area (Å²) < 4.78 is 22.9. The van der Waals surface area contributed by atoms with Gasteiger partial charge in [-0.25, -0.2) is 0 Å². The Morgan fingerprint density at radius 1 is 0.771 bits per heavy atom. The molecule has 0 fully saturated rings. The zero-order chi connectivity index (χ0) is 25.1. The Kier molecular flexibility index (Phi) is 6.59. The summed E-state index contributed by atoms with van der Waals surface area (Å²) in [6.45, 7) is 4.07. The molecule has 3 aromatic carbocycles. The van der Waals surface area contributed by atoms with Crippen molar-refractivity contribution in [2.75, 3.05) is 28.4 Å². The van der Waals surface area contributed by atoms with Crippen molar-refractivity contribution >= 4 is 28.2 Å². The highest BCUT2D eigenvalue weighted by Crippen LogP contribution is 2.39. The molecule has 0 saturated carbocycles. The van der Waals surface area contributed by atoms with Crippen LogP contribution in [0.2, 0.25) is 0 Å². The van der Waals surface area contributed by atoms with E-state index in [-0.39, 0.29) is 17.3 Å². The molecule has 0 N–H and O–H groups in total. The van der Waals surface area contributed by atoms with Gasteiger partial charge in [0.25, 0.3) is 5.91 Å². The van der Waals surface area contributed by atoms with E-state index in [0.717, 1.165) is 5.39 Å². The molecule has 0 aliphatic carbocycles. The summed E-state index contributed by atoms with van der Waals surface area (Å²) in [7, 11) is 6.01. The second kappa shape index (κ2) is 9.77. The third-order valence-corrected chi connectivity index (χ3v) is 5.77. The van der Waals surface area contributed by atoms with Gasteiger partial charge in [0.2, 0.25) is 5.75 Å². The molecule has 7 nitrogen and oxygen atoms in total. The molecule has 0 unspecified atom stereocenters. The molecule has 7 heteroatoms. The van der Waals surface area contributed by atoms with Crippen LogP contribution in [0, 0.1) is 0 Å². The first kappa shape index (κ1) is 23.6. The van der Waals surface area contributed by atoms with E-state index in [1.54, 1.807) is 49.7 Å². The number of methoxy groups -OCH3 is 4. The van der Waals surface area contributed by atoms with Crippen LogP contribution in [0.4, 0.5) is 0 Å². The zero-order valence-corrected chi connectivity index (χ0v) is 20.0. The summed E-state index contributed by atoms with van der Waals surface area (Å²) in [5, 5.41) is 0.731. The quantitative estimate of drug-likeness (QED) is 0.258. The van der Waals surface area contributed by atoms with Crippen LogP contribution in [0.15, 0.2) is 73.4 Å². The average molecular weight is 472 g/mol. The van der Waals surface area contributed by atoms with E-state index < -0.39 is 0 Å². The summed E-state index contributed by atoms with van der Waals surface area (Å²) in [5.74, 6) is 1.10. The fourth-order valence-electron chi connectivity index (χ4n) is 3.99. The minimum absolute atomic E-state index is 0.229. The van der Waals surface area contributed by atoms with Crippen LogP contribution in [-0.2, 0) is 0 Å². The van der Waals surface area contributed by atoms with Gasteiger partial charge in [0, 0.05) is 33.8 Å². The number of aromatic nitrogens is 1. The van der Waals surface area contributed by atoms with E-state index in [1.165, 1.54) is 25.9 Å². The number of carbonyl (C=O) groups is 2. The number of nitrogens with zero attached hydrogens (tertiary/aromatic N) is 1. The number of para-hydroxylation sites is 1. The van der Waals surface area contributed by atoms with E-state index >= 15 is 0 Å². The van der Waals surface area contributed by atoms with Crippen LogP contribution >= 0.6 is 0 Å². The number of allylic oxidation sites excluding steroid dienone is 1. The first-order chi connectivity index (χ1) is 16.9. The molecule has 0 saturated heterocycles. The van der Waals surface area contributed by atoms with Crippen LogP contribution in [0.25, 0.3) is 16.5 Å². The van der Waals surface area contributed by atoms with E-state index in [2.05, 4.69) is 6.58 Å². The standard InChI is InChI=1S/C28H25NO6/c1-17(26(30)19-14-24(33-3)27(35-5)25(15-19)34-4)22-16-29(23-12-7-6-11-21(22)23)28(31)18-9-8-10-20(13-18)32-2/h6-16H,1H2,2-5H3. The lowest BCUT2D eigenvalue weighted by molar-refractivity contribution is 0.0963. The van der Waals surface area contributed by atoms with E-state index in [4.69, 9.17) is 18.9 Å². The fourth-order valence-corrected chi connectivity index (χ4v) is 3.99. The van der Waals surface area contributed by atoms with E-state index in [9.17, 15) is 9.59 Å². The molecule has 0 aliphatic heterocycles. The Bertz CT molecular complexity index is 1420. The van der Waals surface area contributed by atoms with Crippen molar-refractivity contribution < 1.29 is 28.5 Å². The maximum Gasteiger partial charge on any atom is 0.262 e. The third kappa shape index (κ3) is 4.24. The molecular weight excluding hydrogens is 446 g/mol. The number of carbonyl (C=O) groups excluding carboxylic acids is 2. The molecular formula is C28H25NO6. The van der Waals surface area contributed by atoms with Crippen LogP contribution in [0.1, 0.15) is 26.3 Å². The predicted molar refractivity (Wildman–Crippen MR) is 134 cm³/mol. The molecule has 4 aromatic rings. The maximum atomic E-state index is 13.5. The number of ketones is 1. The van der Waals surface area contributed by atoms with Gasteiger partial charge in [-0.2, -0.15) is 0 Å². The van der Waals surface area contributed by atoms with Crippen molar-refractivity contribution in [3.05, 3.63) is 90.1 Å². The Morgan fingerprint density at radius 2 is 1.46 bits per heavy atom. The van der Waals surface area contributed by atoms with Gasteiger partial charge < -0.3 is 18.9 Å². The molecule has 0 amide bonds. The summed E-state index contributed by atoms with van der Waals surface area (Å²) in [4.78, 5) is 26.9. The number of hydrogen-bond acceptors (Lipinski definition) is 6. The molecule has 0 spiro atoms. The Hall–Kier alpha value is -4.52. The second-order valence-corrected chi connectivity index (χ2v) is 7.69. The molecule has 1 heterocycles. The Labute approximate surface area is 203 Å². The number of fused-ring (bicyclic) bond motifs is 1. The fraction of sp³-hybridized carbons (Fsp3) is 0.143. The monoisotopic (exact) mass is 471 g/mol. The first-order valence-electron chi connectivity index (χ1n) is 10.8. The number of hydrogen-bond donors (Lipinski definition) is 0. The summed E-state index contributed by atoms with van der Waals surface area (Å²) >= 11 is 0. The van der Waals surface area contributed by atoms with Crippen molar-refractivity contribution in [1.82, 2.24) is 4.57 Å². The lowest BCUT2D eigenvalue weighted by atomic mass is 9.97. The summed E-state index contributed by atoms with van der Waals surface area (Å²) in [5.41, 5.74) is 2.22. The van der Waals surface area contributed by atoms with Crippen molar-refractivity contribution in [3.63, 3.8) is 0 Å². The normalized spacial score (nSPS) is 10.6. The van der Waals surface area contributed by atoms with Gasteiger partial charge in [0.05, 0.1) is 34.0 Å².